The monoisotopic (exact) mass is 438 g/mol. The lowest BCUT2D eigenvalue weighted by molar-refractivity contribution is -0.114. The molecule has 2 heterocycles. The van der Waals surface area contributed by atoms with Crippen molar-refractivity contribution in [2.75, 3.05) is 24.9 Å². The van der Waals surface area contributed by atoms with Crippen molar-refractivity contribution in [1.29, 1.82) is 0 Å². The van der Waals surface area contributed by atoms with Crippen LogP contribution in [0.2, 0.25) is 0 Å². The first kappa shape index (κ1) is 23.1. The number of rotatable bonds is 9. The first-order chi connectivity index (χ1) is 15.4. The maximum atomic E-state index is 12.4. The van der Waals surface area contributed by atoms with Crippen LogP contribution in [0.25, 0.3) is 11.0 Å². The van der Waals surface area contributed by atoms with Crippen LogP contribution in [0.4, 0.5) is 11.4 Å². The van der Waals surface area contributed by atoms with Gasteiger partial charge in [-0.25, -0.2) is 9.78 Å². The maximum absolute atomic E-state index is 12.4. The number of methoxy groups -OCH3 is 2. The lowest BCUT2D eigenvalue weighted by atomic mass is 10.1. The van der Waals surface area contributed by atoms with E-state index in [1.165, 1.54) is 19.6 Å². The molecule has 0 saturated carbocycles. The Bertz CT molecular complexity index is 1110. The van der Waals surface area contributed by atoms with Gasteiger partial charge in [0.2, 0.25) is 5.91 Å². The van der Waals surface area contributed by atoms with E-state index in [4.69, 9.17) is 9.47 Å². The van der Waals surface area contributed by atoms with Gasteiger partial charge in [-0.15, -0.1) is 0 Å². The highest BCUT2D eigenvalue weighted by Gasteiger charge is 2.25. The SMILES string of the molecule is CCn1c(C(=O)OC)c(NC(C)=O)c2cc(NC(C)CCc3ccc(OC)cc3)cnc21. The van der Waals surface area contributed by atoms with Crippen LogP contribution >= 0.6 is 0 Å². The number of carbonyl (C=O) groups excluding carboxylic acids is 2. The average molecular weight is 439 g/mol. The third kappa shape index (κ3) is 5.01. The summed E-state index contributed by atoms with van der Waals surface area (Å²) in [5.74, 6) is 0.0621. The first-order valence-electron chi connectivity index (χ1n) is 10.7. The number of nitrogens with zero attached hydrogens (tertiary/aromatic N) is 2. The number of carbonyl (C=O) groups is 2. The van der Waals surface area contributed by atoms with E-state index >= 15 is 0 Å². The summed E-state index contributed by atoms with van der Waals surface area (Å²) >= 11 is 0. The number of ether oxygens (including phenoxy) is 2. The first-order valence-corrected chi connectivity index (χ1v) is 10.7. The summed E-state index contributed by atoms with van der Waals surface area (Å²) in [4.78, 5) is 28.8. The van der Waals surface area contributed by atoms with Crippen LogP contribution < -0.4 is 15.4 Å². The molecule has 0 spiro atoms. The second-order valence-electron chi connectivity index (χ2n) is 7.67. The lowest BCUT2D eigenvalue weighted by Gasteiger charge is -2.15. The molecule has 8 nitrogen and oxygen atoms in total. The summed E-state index contributed by atoms with van der Waals surface area (Å²) in [6, 6.07) is 10.2. The van der Waals surface area contributed by atoms with Gasteiger partial charge >= 0.3 is 5.97 Å². The number of amides is 1. The molecule has 0 bridgehead atoms. The molecular formula is C24H30N4O4. The molecule has 1 aromatic carbocycles. The summed E-state index contributed by atoms with van der Waals surface area (Å²) in [5, 5.41) is 6.95. The molecule has 2 N–H and O–H groups in total. The van der Waals surface area contributed by atoms with Crippen LogP contribution in [-0.2, 0) is 22.5 Å². The van der Waals surface area contributed by atoms with Gasteiger partial charge in [0, 0.05) is 24.9 Å². The predicted molar refractivity (Wildman–Crippen MR) is 125 cm³/mol. The molecule has 2 aromatic heterocycles. The number of aromatic nitrogens is 2. The Morgan fingerprint density at radius 1 is 1.19 bits per heavy atom. The zero-order valence-corrected chi connectivity index (χ0v) is 19.2. The fraction of sp³-hybridized carbons (Fsp3) is 0.375. The van der Waals surface area contributed by atoms with Crippen LogP contribution in [0.1, 0.15) is 43.2 Å². The highest BCUT2D eigenvalue weighted by Crippen LogP contribution is 2.32. The zero-order chi connectivity index (χ0) is 23.3. The Morgan fingerprint density at radius 2 is 1.91 bits per heavy atom. The van der Waals surface area contributed by atoms with E-state index in [1.54, 1.807) is 17.9 Å². The molecule has 32 heavy (non-hydrogen) atoms. The standard InChI is InChI=1S/C24H30N4O4/c1-6-28-22(24(30)32-5)21(27-16(3)29)20-13-18(14-25-23(20)28)26-15(2)7-8-17-9-11-19(31-4)12-10-17/h9-15,26H,6-8H2,1-5H3,(H,27,29). The molecular weight excluding hydrogens is 408 g/mol. The summed E-state index contributed by atoms with van der Waals surface area (Å²) in [6.45, 7) is 5.95. The van der Waals surface area contributed by atoms with E-state index in [0.717, 1.165) is 24.3 Å². The predicted octanol–water partition coefficient (Wildman–Crippen LogP) is 4.24. The minimum absolute atomic E-state index is 0.189. The van der Waals surface area contributed by atoms with Crippen molar-refractivity contribution in [1.82, 2.24) is 9.55 Å². The van der Waals surface area contributed by atoms with Crippen molar-refractivity contribution < 1.29 is 19.1 Å². The Balaban J connectivity index is 1.84. The Hall–Kier alpha value is -3.55. The minimum Gasteiger partial charge on any atom is -0.497 e. The number of fused-ring (bicyclic) bond motifs is 1. The molecule has 0 fully saturated rings. The van der Waals surface area contributed by atoms with Crippen molar-refractivity contribution in [3.8, 4) is 5.75 Å². The van der Waals surface area contributed by atoms with Gasteiger partial charge in [-0.2, -0.15) is 0 Å². The molecule has 1 atom stereocenters. The van der Waals surface area contributed by atoms with E-state index in [1.807, 2.05) is 25.1 Å². The molecule has 3 aromatic rings. The quantitative estimate of drug-likeness (QED) is 0.485. The molecule has 0 aliphatic rings. The van der Waals surface area contributed by atoms with Crippen molar-refractivity contribution in [3.63, 3.8) is 0 Å². The number of aryl methyl sites for hydroxylation is 2. The third-order valence-corrected chi connectivity index (χ3v) is 5.33. The van der Waals surface area contributed by atoms with Gasteiger partial charge in [-0.05, 0) is 50.5 Å². The Labute approximate surface area is 187 Å². The number of esters is 1. The fourth-order valence-corrected chi connectivity index (χ4v) is 3.76. The number of nitrogens with one attached hydrogen (secondary N) is 2. The smallest absolute Gasteiger partial charge is 0.356 e. The summed E-state index contributed by atoms with van der Waals surface area (Å²) in [6.07, 6.45) is 3.59. The fourth-order valence-electron chi connectivity index (χ4n) is 3.76. The van der Waals surface area contributed by atoms with Crippen molar-refractivity contribution >= 4 is 34.3 Å². The largest absolute Gasteiger partial charge is 0.497 e. The van der Waals surface area contributed by atoms with Crippen LogP contribution in [-0.4, -0.2) is 41.7 Å². The number of anilines is 2. The normalized spacial score (nSPS) is 11.8. The maximum Gasteiger partial charge on any atom is 0.356 e. The van der Waals surface area contributed by atoms with Crippen LogP contribution in [0.3, 0.4) is 0 Å². The van der Waals surface area contributed by atoms with Gasteiger partial charge in [0.1, 0.15) is 11.4 Å². The van der Waals surface area contributed by atoms with Gasteiger partial charge in [-0.3, -0.25) is 4.79 Å². The van der Waals surface area contributed by atoms with Gasteiger partial charge in [0.05, 0.1) is 31.8 Å². The van der Waals surface area contributed by atoms with E-state index < -0.39 is 5.97 Å². The average Bonchev–Trinajstić information content (AvgIpc) is 3.09. The number of benzene rings is 1. The lowest BCUT2D eigenvalue weighted by Crippen LogP contribution is -2.16. The summed E-state index contributed by atoms with van der Waals surface area (Å²) in [5.41, 5.74) is 3.38. The highest BCUT2D eigenvalue weighted by atomic mass is 16.5. The van der Waals surface area contributed by atoms with Crippen molar-refractivity contribution in [2.24, 2.45) is 0 Å². The van der Waals surface area contributed by atoms with Crippen LogP contribution in [0.15, 0.2) is 36.5 Å². The second-order valence-corrected chi connectivity index (χ2v) is 7.67. The Kier molecular flexibility index (Phi) is 7.35. The van der Waals surface area contributed by atoms with Crippen molar-refractivity contribution in [3.05, 3.63) is 47.8 Å². The molecule has 0 saturated heterocycles. The molecule has 1 amide bonds. The van der Waals surface area contributed by atoms with E-state index in [9.17, 15) is 9.59 Å². The van der Waals surface area contributed by atoms with Gasteiger partial charge in [-0.1, -0.05) is 12.1 Å². The molecule has 0 radical (unpaired) electrons. The second kappa shape index (κ2) is 10.2. The molecule has 0 aliphatic heterocycles. The molecule has 3 rings (SSSR count). The molecule has 8 heteroatoms. The minimum atomic E-state index is -0.518. The summed E-state index contributed by atoms with van der Waals surface area (Å²) in [7, 11) is 2.98. The zero-order valence-electron chi connectivity index (χ0n) is 19.2. The van der Waals surface area contributed by atoms with Gasteiger partial charge in [0.25, 0.3) is 0 Å². The number of pyridine rings is 1. The number of hydrogen-bond donors (Lipinski definition) is 2. The topological polar surface area (TPSA) is 94.5 Å². The summed E-state index contributed by atoms with van der Waals surface area (Å²) < 4.78 is 11.9. The molecule has 1 unspecified atom stereocenters. The highest BCUT2D eigenvalue weighted by molar-refractivity contribution is 6.10. The van der Waals surface area contributed by atoms with E-state index in [2.05, 4.69) is 34.7 Å². The van der Waals surface area contributed by atoms with Crippen molar-refractivity contribution in [2.45, 2.75) is 46.2 Å². The Morgan fingerprint density at radius 3 is 2.50 bits per heavy atom. The van der Waals surface area contributed by atoms with Gasteiger partial charge < -0.3 is 24.7 Å². The van der Waals surface area contributed by atoms with Gasteiger partial charge in [0.15, 0.2) is 5.69 Å². The van der Waals surface area contributed by atoms with Crippen LogP contribution in [0.5, 0.6) is 5.75 Å². The van der Waals surface area contributed by atoms with E-state index in [0.29, 0.717) is 23.3 Å². The third-order valence-electron chi connectivity index (χ3n) is 5.33. The molecule has 0 aliphatic carbocycles. The van der Waals surface area contributed by atoms with E-state index in [-0.39, 0.29) is 17.6 Å². The molecule has 170 valence electrons. The van der Waals surface area contributed by atoms with Crippen LogP contribution in [0, 0.1) is 0 Å². The number of hydrogen-bond acceptors (Lipinski definition) is 6.